The van der Waals surface area contributed by atoms with Gasteiger partial charge in [0.1, 0.15) is 0 Å². The summed E-state index contributed by atoms with van der Waals surface area (Å²) in [5, 5.41) is 5.53. The van der Waals surface area contributed by atoms with Crippen LogP contribution in [0.3, 0.4) is 0 Å². The first-order chi connectivity index (χ1) is 13.4. The molecular weight excluding hydrogens is 324 g/mol. The lowest BCUT2D eigenvalue weighted by atomic mass is 9.70. The van der Waals surface area contributed by atoms with Crippen molar-refractivity contribution in [3.63, 3.8) is 0 Å². The number of hydrogen-bond donors (Lipinski definition) is 0. The fourth-order valence-corrected chi connectivity index (χ4v) is 5.74. The number of fused-ring (bicyclic) bond motifs is 7. The molecule has 0 N–H and O–H groups in total. The summed E-state index contributed by atoms with van der Waals surface area (Å²) in [4.78, 5) is 0. The lowest BCUT2D eigenvalue weighted by Crippen LogP contribution is -2.25. The standard InChI is InChI=1S/C27H16/c1-3-11-21-19(9-1)20-10-2-4-12-22(20)27(21)23-13-5-7-17-15-16-18-8-6-14-24(27)26(18)25(17)23/h1-16H. The largest absolute Gasteiger partial charge is 0.0725 e. The van der Waals surface area contributed by atoms with Crippen LogP contribution < -0.4 is 0 Å². The molecule has 124 valence electrons. The van der Waals surface area contributed by atoms with Gasteiger partial charge in [-0.3, -0.25) is 0 Å². The Balaban J connectivity index is 1.82. The van der Waals surface area contributed by atoms with Crippen molar-refractivity contribution < 1.29 is 0 Å². The molecule has 5 aromatic rings. The Hall–Kier alpha value is -3.38. The van der Waals surface area contributed by atoms with Crippen LogP contribution in [0.15, 0.2) is 97.1 Å². The normalized spacial score (nSPS) is 15.0. The molecule has 5 aromatic carbocycles. The van der Waals surface area contributed by atoms with Crippen molar-refractivity contribution in [1.82, 2.24) is 0 Å². The van der Waals surface area contributed by atoms with E-state index in [2.05, 4.69) is 97.1 Å². The Morgan fingerprint density at radius 3 is 1.33 bits per heavy atom. The number of rotatable bonds is 0. The summed E-state index contributed by atoms with van der Waals surface area (Å²) in [5.41, 5.74) is 8.25. The van der Waals surface area contributed by atoms with Gasteiger partial charge in [0.2, 0.25) is 0 Å². The summed E-state index contributed by atoms with van der Waals surface area (Å²) in [7, 11) is 0. The third kappa shape index (κ3) is 1.38. The number of hydrogen-bond acceptors (Lipinski definition) is 0. The molecule has 2 aliphatic carbocycles. The molecule has 0 fully saturated rings. The van der Waals surface area contributed by atoms with Gasteiger partial charge in [-0.2, -0.15) is 0 Å². The van der Waals surface area contributed by atoms with Crippen molar-refractivity contribution in [3.05, 3.63) is 119 Å². The van der Waals surface area contributed by atoms with Crippen LogP contribution in [-0.2, 0) is 5.41 Å². The Bertz CT molecular complexity index is 1310. The van der Waals surface area contributed by atoms with Gasteiger partial charge in [0.25, 0.3) is 0 Å². The molecule has 0 atom stereocenters. The molecule has 27 heavy (non-hydrogen) atoms. The molecule has 0 aromatic heterocycles. The molecule has 0 nitrogen and oxygen atoms in total. The van der Waals surface area contributed by atoms with Gasteiger partial charge in [0.15, 0.2) is 0 Å². The smallest absolute Gasteiger partial charge is 0.0619 e. The number of benzene rings is 5. The molecule has 0 amide bonds. The van der Waals surface area contributed by atoms with Crippen molar-refractivity contribution in [3.8, 4) is 11.1 Å². The van der Waals surface area contributed by atoms with Crippen molar-refractivity contribution in [2.45, 2.75) is 5.41 Å². The molecule has 0 bridgehead atoms. The highest BCUT2D eigenvalue weighted by atomic mass is 14.5. The molecule has 0 aliphatic heterocycles. The first-order valence-corrected chi connectivity index (χ1v) is 9.55. The first kappa shape index (κ1) is 13.8. The van der Waals surface area contributed by atoms with Crippen LogP contribution in [0.5, 0.6) is 0 Å². The summed E-state index contributed by atoms with van der Waals surface area (Å²) in [6, 6.07) is 36.1. The van der Waals surface area contributed by atoms with Crippen LogP contribution in [0, 0.1) is 0 Å². The van der Waals surface area contributed by atoms with Gasteiger partial charge in [-0.1, -0.05) is 97.1 Å². The van der Waals surface area contributed by atoms with Crippen LogP contribution in [0.4, 0.5) is 0 Å². The molecular formula is C27H16. The Labute approximate surface area is 157 Å². The molecule has 2 aliphatic rings. The maximum atomic E-state index is 2.35. The van der Waals surface area contributed by atoms with E-state index >= 15 is 0 Å². The molecule has 0 unspecified atom stereocenters. The van der Waals surface area contributed by atoms with Gasteiger partial charge in [-0.05, 0) is 54.9 Å². The highest BCUT2D eigenvalue weighted by Crippen LogP contribution is 2.62. The topological polar surface area (TPSA) is 0 Å². The van der Waals surface area contributed by atoms with E-state index < -0.39 is 0 Å². The third-order valence-corrected chi connectivity index (χ3v) is 6.65. The zero-order valence-corrected chi connectivity index (χ0v) is 14.7. The van der Waals surface area contributed by atoms with Crippen molar-refractivity contribution in [2.75, 3.05) is 0 Å². The van der Waals surface area contributed by atoms with Gasteiger partial charge in [0.05, 0.1) is 5.41 Å². The molecule has 7 rings (SSSR count). The minimum atomic E-state index is -0.199. The molecule has 0 saturated carbocycles. The van der Waals surface area contributed by atoms with Gasteiger partial charge >= 0.3 is 0 Å². The Morgan fingerprint density at radius 1 is 0.370 bits per heavy atom. The molecule has 0 heteroatoms. The SMILES string of the molecule is c1ccc2c(c1)-c1ccccc1C21c2cccc3ccc4cccc1c4c23. The highest BCUT2D eigenvalue weighted by Gasteiger charge is 2.50. The summed E-state index contributed by atoms with van der Waals surface area (Å²) in [6.07, 6.45) is 0. The van der Waals surface area contributed by atoms with Gasteiger partial charge in [0, 0.05) is 0 Å². The average Bonchev–Trinajstić information content (AvgIpc) is 3.21. The van der Waals surface area contributed by atoms with Crippen molar-refractivity contribution >= 4 is 21.5 Å². The Kier molecular flexibility index (Phi) is 2.28. The lowest BCUT2D eigenvalue weighted by molar-refractivity contribution is 0.797. The Morgan fingerprint density at radius 2 is 0.815 bits per heavy atom. The third-order valence-electron chi connectivity index (χ3n) is 6.65. The average molecular weight is 340 g/mol. The zero-order valence-electron chi connectivity index (χ0n) is 14.7. The van der Waals surface area contributed by atoms with E-state index in [-0.39, 0.29) is 5.41 Å². The minimum absolute atomic E-state index is 0.199. The first-order valence-electron chi connectivity index (χ1n) is 9.55. The van der Waals surface area contributed by atoms with E-state index in [1.165, 1.54) is 54.9 Å². The predicted octanol–water partition coefficient (Wildman–Crippen LogP) is 6.67. The molecule has 1 spiro atoms. The van der Waals surface area contributed by atoms with Crippen LogP contribution in [-0.4, -0.2) is 0 Å². The maximum Gasteiger partial charge on any atom is 0.0725 e. The second-order valence-electron chi connectivity index (χ2n) is 7.71. The lowest BCUT2D eigenvalue weighted by Gasteiger charge is -2.30. The van der Waals surface area contributed by atoms with E-state index in [9.17, 15) is 0 Å². The van der Waals surface area contributed by atoms with E-state index in [1.807, 2.05) is 0 Å². The molecule has 0 radical (unpaired) electrons. The van der Waals surface area contributed by atoms with Gasteiger partial charge in [-0.15, -0.1) is 0 Å². The quantitative estimate of drug-likeness (QED) is 0.270. The van der Waals surface area contributed by atoms with Crippen LogP contribution in [0.1, 0.15) is 22.3 Å². The molecule has 0 heterocycles. The van der Waals surface area contributed by atoms with Crippen molar-refractivity contribution in [1.29, 1.82) is 0 Å². The van der Waals surface area contributed by atoms with Crippen LogP contribution in [0.2, 0.25) is 0 Å². The van der Waals surface area contributed by atoms with E-state index in [4.69, 9.17) is 0 Å². The summed E-state index contributed by atoms with van der Waals surface area (Å²) in [6.45, 7) is 0. The second-order valence-corrected chi connectivity index (χ2v) is 7.71. The summed E-state index contributed by atoms with van der Waals surface area (Å²) < 4.78 is 0. The second kappa shape index (κ2) is 4.47. The summed E-state index contributed by atoms with van der Waals surface area (Å²) >= 11 is 0. The zero-order chi connectivity index (χ0) is 17.6. The van der Waals surface area contributed by atoms with E-state index in [0.717, 1.165) is 0 Å². The minimum Gasteiger partial charge on any atom is -0.0619 e. The monoisotopic (exact) mass is 340 g/mol. The maximum absolute atomic E-state index is 2.35. The van der Waals surface area contributed by atoms with Crippen molar-refractivity contribution in [2.24, 2.45) is 0 Å². The fraction of sp³-hybridized carbons (Fsp3) is 0.0370. The fourth-order valence-electron chi connectivity index (χ4n) is 5.74. The van der Waals surface area contributed by atoms with Crippen LogP contribution in [0.25, 0.3) is 32.7 Å². The predicted molar refractivity (Wildman–Crippen MR) is 112 cm³/mol. The van der Waals surface area contributed by atoms with E-state index in [1.54, 1.807) is 0 Å². The summed E-state index contributed by atoms with van der Waals surface area (Å²) in [5.74, 6) is 0. The van der Waals surface area contributed by atoms with Gasteiger partial charge < -0.3 is 0 Å². The van der Waals surface area contributed by atoms with Crippen LogP contribution >= 0.6 is 0 Å². The highest BCUT2D eigenvalue weighted by molar-refractivity contribution is 6.17. The molecule has 0 saturated heterocycles. The van der Waals surface area contributed by atoms with Gasteiger partial charge in [-0.25, -0.2) is 0 Å². The van der Waals surface area contributed by atoms with E-state index in [0.29, 0.717) is 0 Å².